The first kappa shape index (κ1) is 32.2. The van der Waals surface area contributed by atoms with Crippen LogP contribution in [-0.4, -0.2) is 71.2 Å². The Labute approximate surface area is 233 Å². The molecule has 35 heavy (non-hydrogen) atoms. The topological polar surface area (TPSA) is 91.3 Å². The van der Waals surface area contributed by atoms with E-state index in [0.717, 1.165) is 25.7 Å². The molecular formula is C27H45NaO7. The van der Waals surface area contributed by atoms with Crippen molar-refractivity contribution >= 4 is 41.5 Å². The number of ether oxygens (including phenoxy) is 4. The van der Waals surface area contributed by atoms with E-state index in [1.165, 1.54) is 51.4 Å². The van der Waals surface area contributed by atoms with Gasteiger partial charge in [0.1, 0.15) is 6.10 Å². The molecular weight excluding hydrogens is 459 g/mol. The van der Waals surface area contributed by atoms with Crippen molar-refractivity contribution in [1.29, 1.82) is 0 Å². The minimum atomic E-state index is -0.979. The average molecular weight is 505 g/mol. The van der Waals surface area contributed by atoms with Crippen LogP contribution >= 0.6 is 0 Å². The molecule has 2 atom stereocenters. The average Bonchev–Trinajstić information content (AvgIpc) is 3.29. The first-order valence-corrected chi connectivity index (χ1v) is 13.2. The summed E-state index contributed by atoms with van der Waals surface area (Å²) < 4.78 is 21.6. The van der Waals surface area contributed by atoms with E-state index >= 15 is 0 Å². The summed E-state index contributed by atoms with van der Waals surface area (Å²) in [6.45, 7) is 5.90. The van der Waals surface area contributed by atoms with Crippen molar-refractivity contribution < 1.29 is 33.6 Å². The Bertz CT molecular complexity index is 702. The van der Waals surface area contributed by atoms with Gasteiger partial charge in [0.25, 0.3) is 0 Å². The standard InChI is InChI=1S/C27H44O7.Na.H/c1-4-5-6-7-8-9-10-11-12-13-14-15-16-17-18-19-22(28)32-25-23(29)26(30)33-24(25)21-20-31-27(2,3)34-21;;/h11-12,21,24,29H,4-10,13-20H2,1-3H3;;/b12-11-;;. The van der Waals surface area contributed by atoms with Gasteiger partial charge < -0.3 is 24.1 Å². The number of rotatable bonds is 17. The SMILES string of the molecule is CCCCCCCC/C=C\CCCCCCCC(=O)OC1=C(O)C(=O)OC1C1COC(C)(C)O1.[NaH]. The quantitative estimate of drug-likeness (QED) is 0.116. The second-order valence-electron chi connectivity index (χ2n) is 9.71. The second kappa shape index (κ2) is 17.6. The van der Waals surface area contributed by atoms with Crippen molar-refractivity contribution in [3.63, 3.8) is 0 Å². The van der Waals surface area contributed by atoms with Crippen molar-refractivity contribution in [3.8, 4) is 0 Å². The molecule has 0 spiro atoms. The first-order chi connectivity index (χ1) is 16.3. The predicted octanol–water partition coefficient (Wildman–Crippen LogP) is 5.77. The van der Waals surface area contributed by atoms with E-state index in [9.17, 15) is 14.7 Å². The molecule has 0 aromatic heterocycles. The molecule has 2 rings (SSSR count). The molecule has 0 saturated carbocycles. The second-order valence-corrected chi connectivity index (χ2v) is 9.71. The van der Waals surface area contributed by atoms with E-state index < -0.39 is 35.7 Å². The third-order valence-electron chi connectivity index (χ3n) is 6.15. The van der Waals surface area contributed by atoms with E-state index in [0.29, 0.717) is 6.42 Å². The zero-order valence-electron chi connectivity index (χ0n) is 21.3. The van der Waals surface area contributed by atoms with E-state index in [-0.39, 0.29) is 48.3 Å². The molecule has 8 heteroatoms. The van der Waals surface area contributed by atoms with E-state index in [1.807, 2.05) is 0 Å². The van der Waals surface area contributed by atoms with Crippen molar-refractivity contribution in [2.75, 3.05) is 6.61 Å². The zero-order chi connectivity index (χ0) is 24.8. The van der Waals surface area contributed by atoms with E-state index in [2.05, 4.69) is 19.1 Å². The number of cyclic esters (lactones) is 1. The maximum absolute atomic E-state index is 12.3. The summed E-state index contributed by atoms with van der Waals surface area (Å²) in [5.74, 6) is -3.07. The van der Waals surface area contributed by atoms with Crippen molar-refractivity contribution in [1.82, 2.24) is 0 Å². The molecule has 0 radical (unpaired) electrons. The number of hydrogen-bond acceptors (Lipinski definition) is 7. The summed E-state index contributed by atoms with van der Waals surface area (Å²) in [5, 5.41) is 10.00. The Morgan fingerprint density at radius 3 is 2.14 bits per heavy atom. The third-order valence-corrected chi connectivity index (χ3v) is 6.15. The molecule has 2 unspecified atom stereocenters. The molecule has 0 aliphatic carbocycles. The van der Waals surface area contributed by atoms with Gasteiger partial charge >= 0.3 is 41.5 Å². The van der Waals surface area contributed by atoms with Gasteiger partial charge in [-0.3, -0.25) is 4.79 Å². The van der Waals surface area contributed by atoms with Crippen LogP contribution in [0.3, 0.4) is 0 Å². The van der Waals surface area contributed by atoms with Gasteiger partial charge in [-0.15, -0.1) is 0 Å². The fourth-order valence-electron chi connectivity index (χ4n) is 4.19. The summed E-state index contributed by atoms with van der Waals surface area (Å²) in [4.78, 5) is 24.0. The number of esters is 2. The fraction of sp³-hybridized carbons (Fsp3) is 0.778. The summed E-state index contributed by atoms with van der Waals surface area (Å²) >= 11 is 0. The van der Waals surface area contributed by atoms with Gasteiger partial charge in [-0.25, -0.2) is 4.79 Å². The van der Waals surface area contributed by atoms with Crippen LogP contribution in [0.1, 0.15) is 111 Å². The van der Waals surface area contributed by atoms with Gasteiger partial charge in [-0.05, 0) is 46.0 Å². The minimum absolute atomic E-state index is 0. The van der Waals surface area contributed by atoms with Crippen molar-refractivity contribution in [2.24, 2.45) is 0 Å². The summed E-state index contributed by atoms with van der Waals surface area (Å²) in [6.07, 6.45) is 18.6. The molecule has 1 N–H and O–H groups in total. The summed E-state index contributed by atoms with van der Waals surface area (Å²) in [5.41, 5.74) is 0. The summed E-state index contributed by atoms with van der Waals surface area (Å²) in [6, 6.07) is 0. The van der Waals surface area contributed by atoms with Crippen LogP contribution in [0.2, 0.25) is 0 Å². The molecule has 2 heterocycles. The van der Waals surface area contributed by atoms with Gasteiger partial charge in [0, 0.05) is 6.42 Å². The number of hydrogen-bond donors (Lipinski definition) is 1. The van der Waals surface area contributed by atoms with E-state index in [1.54, 1.807) is 13.8 Å². The number of unbranched alkanes of at least 4 members (excludes halogenated alkanes) is 11. The van der Waals surface area contributed by atoms with Gasteiger partial charge in [-0.2, -0.15) is 0 Å². The van der Waals surface area contributed by atoms with Gasteiger partial charge in [0.2, 0.25) is 11.5 Å². The van der Waals surface area contributed by atoms with Gasteiger partial charge in [0.05, 0.1) is 6.61 Å². The number of carbonyl (C=O) groups is 2. The van der Waals surface area contributed by atoms with Crippen molar-refractivity contribution in [2.45, 2.75) is 129 Å². The number of aliphatic hydroxyl groups excluding tert-OH is 1. The molecule has 1 saturated heterocycles. The molecule has 0 aromatic rings. The van der Waals surface area contributed by atoms with Crippen LogP contribution in [0.5, 0.6) is 0 Å². The van der Waals surface area contributed by atoms with Gasteiger partial charge in [0.15, 0.2) is 11.9 Å². The number of carbonyl (C=O) groups excluding carboxylic acids is 2. The molecule has 7 nitrogen and oxygen atoms in total. The summed E-state index contributed by atoms with van der Waals surface area (Å²) in [7, 11) is 0. The monoisotopic (exact) mass is 504 g/mol. The molecule has 2 aliphatic rings. The van der Waals surface area contributed by atoms with E-state index in [4.69, 9.17) is 18.9 Å². The Morgan fingerprint density at radius 2 is 1.57 bits per heavy atom. The molecule has 0 bridgehead atoms. The molecule has 0 amide bonds. The Kier molecular flexibility index (Phi) is 16.1. The van der Waals surface area contributed by atoms with Crippen LogP contribution in [0.15, 0.2) is 23.7 Å². The van der Waals surface area contributed by atoms with Crippen LogP contribution in [-0.2, 0) is 28.5 Å². The van der Waals surface area contributed by atoms with Crippen LogP contribution in [0, 0.1) is 0 Å². The zero-order valence-corrected chi connectivity index (χ0v) is 21.3. The van der Waals surface area contributed by atoms with Crippen molar-refractivity contribution in [3.05, 3.63) is 23.7 Å². The first-order valence-electron chi connectivity index (χ1n) is 13.2. The number of allylic oxidation sites excluding steroid dienone is 2. The van der Waals surface area contributed by atoms with Crippen LogP contribution in [0.4, 0.5) is 0 Å². The Balaban J connectivity index is 0.00000612. The molecule has 196 valence electrons. The van der Waals surface area contributed by atoms with Crippen LogP contribution < -0.4 is 0 Å². The molecule has 2 aliphatic heterocycles. The van der Waals surface area contributed by atoms with Gasteiger partial charge in [-0.1, -0.05) is 70.4 Å². The Hall–Kier alpha value is -0.860. The molecule has 0 aromatic carbocycles. The number of aliphatic hydroxyl groups is 1. The maximum atomic E-state index is 12.3. The Morgan fingerprint density at radius 1 is 1.00 bits per heavy atom. The predicted molar refractivity (Wildman–Crippen MR) is 137 cm³/mol. The van der Waals surface area contributed by atoms with Crippen LogP contribution in [0.25, 0.3) is 0 Å². The third kappa shape index (κ3) is 12.3. The fourth-order valence-corrected chi connectivity index (χ4v) is 4.19. The normalized spacial score (nSPS) is 21.4. The molecule has 1 fully saturated rings.